The summed E-state index contributed by atoms with van der Waals surface area (Å²) in [6.07, 6.45) is 5.72. The Bertz CT molecular complexity index is 136. The molecule has 0 aromatic carbocycles. The lowest BCUT2D eigenvalue weighted by Gasteiger charge is -1.88. The summed E-state index contributed by atoms with van der Waals surface area (Å²) in [5, 5.41) is 7.19. The van der Waals surface area contributed by atoms with Gasteiger partial charge in [-0.25, -0.2) is 4.79 Å². The maximum atomic E-state index is 8.78. The van der Waals surface area contributed by atoms with Crippen molar-refractivity contribution in [3.05, 3.63) is 12.2 Å². The van der Waals surface area contributed by atoms with E-state index in [-0.39, 0.29) is 0 Å². The second kappa shape index (κ2) is 5.81. The lowest BCUT2D eigenvalue weighted by molar-refractivity contribution is 0.205. The monoisotopic (exact) mass is 142 g/mol. The predicted octanol–water partition coefficient (Wildman–Crippen LogP) is 0.640. The van der Waals surface area contributed by atoms with Crippen molar-refractivity contribution in [1.82, 2.24) is 0 Å². The summed E-state index contributed by atoms with van der Waals surface area (Å²) in [7, 11) is 0. The summed E-state index contributed by atoms with van der Waals surface area (Å²) in [5.74, 6) is 0. The summed E-state index contributed by atoms with van der Waals surface area (Å²) in [6, 6.07) is 0. The van der Waals surface area contributed by atoms with Crippen molar-refractivity contribution in [2.24, 2.45) is 10.7 Å². The molecule has 0 aliphatic carbocycles. The molecule has 0 atom stereocenters. The fourth-order valence-electron chi connectivity index (χ4n) is 0.442. The number of rotatable bonds is 0. The Hall–Kier alpha value is -1.32. The van der Waals surface area contributed by atoms with Gasteiger partial charge in [-0.3, -0.25) is 4.99 Å². The average molecular weight is 142 g/mol. The number of hydrogen-bond acceptors (Lipinski definition) is 2. The van der Waals surface area contributed by atoms with E-state index in [0.29, 0.717) is 0 Å². The van der Waals surface area contributed by atoms with Crippen molar-refractivity contribution < 1.29 is 9.90 Å². The number of aliphatic imine (C=N–C) groups is 1. The summed E-state index contributed by atoms with van der Waals surface area (Å²) in [5.41, 5.74) is 4.03. The van der Waals surface area contributed by atoms with E-state index < -0.39 is 6.09 Å². The van der Waals surface area contributed by atoms with Crippen molar-refractivity contribution in [3.63, 3.8) is 0 Å². The molecule has 3 N–H and O–H groups in total. The molecule has 0 unspecified atom stereocenters. The van der Waals surface area contributed by atoms with E-state index in [1.165, 1.54) is 0 Å². The van der Waals surface area contributed by atoms with Crippen LogP contribution in [0, 0.1) is 0 Å². The Kier molecular flexibility index (Phi) is 5.04. The maximum absolute atomic E-state index is 8.78. The minimum Gasteiger partial charge on any atom is -0.465 e. The van der Waals surface area contributed by atoms with Crippen LogP contribution in [0.25, 0.3) is 0 Å². The van der Waals surface area contributed by atoms with Crippen LogP contribution in [0.2, 0.25) is 0 Å². The predicted molar refractivity (Wildman–Crippen MR) is 39.3 cm³/mol. The summed E-state index contributed by atoms with van der Waals surface area (Å²) >= 11 is 0. The molecule has 1 amide bonds. The quantitative estimate of drug-likeness (QED) is 0.520. The van der Waals surface area contributed by atoms with Crippen LogP contribution in [0.15, 0.2) is 17.1 Å². The highest BCUT2D eigenvalue weighted by Crippen LogP contribution is 1.87. The fraction of sp³-hybridized carbons (Fsp3) is 0.333. The van der Waals surface area contributed by atoms with Crippen LogP contribution >= 0.6 is 0 Å². The zero-order valence-corrected chi connectivity index (χ0v) is 5.53. The number of primary amides is 1. The first-order valence-electron chi connectivity index (χ1n) is 2.87. The lowest BCUT2D eigenvalue weighted by atomic mass is 10.3. The Morgan fingerprint density at radius 3 is 2.40 bits per heavy atom. The van der Waals surface area contributed by atoms with E-state index in [2.05, 4.69) is 16.8 Å². The first kappa shape index (κ1) is 8.68. The normalized spacial score (nSPS) is 13.6. The number of dihydropyridines is 1. The van der Waals surface area contributed by atoms with Crippen LogP contribution in [-0.4, -0.2) is 24.0 Å². The number of amides is 1. The molecule has 0 saturated carbocycles. The highest BCUT2D eigenvalue weighted by atomic mass is 16.4. The highest BCUT2D eigenvalue weighted by Gasteiger charge is 1.78. The van der Waals surface area contributed by atoms with Crippen molar-refractivity contribution in [2.45, 2.75) is 6.42 Å². The molecule has 0 fully saturated rings. The van der Waals surface area contributed by atoms with Gasteiger partial charge in [0.25, 0.3) is 0 Å². The van der Waals surface area contributed by atoms with Gasteiger partial charge in [-0.2, -0.15) is 0 Å². The van der Waals surface area contributed by atoms with Crippen molar-refractivity contribution >= 4 is 12.3 Å². The molecule has 0 spiro atoms. The molecule has 1 rings (SSSR count). The molecule has 0 saturated heterocycles. The Morgan fingerprint density at radius 1 is 1.70 bits per heavy atom. The average Bonchev–Trinajstić information content (AvgIpc) is 1.90. The van der Waals surface area contributed by atoms with Crippen molar-refractivity contribution in [2.75, 3.05) is 6.54 Å². The van der Waals surface area contributed by atoms with Crippen LogP contribution < -0.4 is 5.73 Å². The van der Waals surface area contributed by atoms with E-state index in [4.69, 9.17) is 9.90 Å². The second-order valence-electron chi connectivity index (χ2n) is 1.61. The van der Waals surface area contributed by atoms with E-state index in [9.17, 15) is 0 Å². The smallest absolute Gasteiger partial charge is 0.402 e. The van der Waals surface area contributed by atoms with Gasteiger partial charge in [-0.05, 0) is 12.5 Å². The Labute approximate surface area is 59.1 Å². The molecular weight excluding hydrogens is 132 g/mol. The van der Waals surface area contributed by atoms with E-state index in [1.807, 2.05) is 12.3 Å². The number of nitrogens with zero attached hydrogens (tertiary/aromatic N) is 1. The number of carbonyl (C=O) groups is 1. The van der Waals surface area contributed by atoms with E-state index in [0.717, 1.165) is 13.0 Å². The number of carboxylic acid groups (broad SMARTS) is 1. The van der Waals surface area contributed by atoms with Crippen LogP contribution in [0.4, 0.5) is 4.79 Å². The zero-order valence-electron chi connectivity index (χ0n) is 5.53. The van der Waals surface area contributed by atoms with Crippen molar-refractivity contribution in [1.29, 1.82) is 0 Å². The SMILES string of the molecule is C1=CCCN=C1.NC(=O)O. The standard InChI is InChI=1S/C5H7N.CH3NO2/c1-2-4-6-5-3-1;2-1(3)4/h1-2,4H,3,5H2;2H2,(H,3,4). The largest absolute Gasteiger partial charge is 0.465 e. The number of hydrogen-bond donors (Lipinski definition) is 2. The first-order chi connectivity index (χ1) is 4.73. The van der Waals surface area contributed by atoms with Gasteiger partial charge in [0.1, 0.15) is 0 Å². The van der Waals surface area contributed by atoms with Crippen LogP contribution in [0.1, 0.15) is 6.42 Å². The van der Waals surface area contributed by atoms with Gasteiger partial charge in [-0.15, -0.1) is 0 Å². The molecular formula is C6H10N2O2. The van der Waals surface area contributed by atoms with Gasteiger partial charge < -0.3 is 10.8 Å². The number of allylic oxidation sites excluding steroid dienone is 1. The molecule has 1 aliphatic rings. The van der Waals surface area contributed by atoms with Gasteiger partial charge in [0, 0.05) is 12.8 Å². The fourth-order valence-corrected chi connectivity index (χ4v) is 0.442. The second-order valence-corrected chi connectivity index (χ2v) is 1.61. The molecule has 4 nitrogen and oxygen atoms in total. The molecule has 56 valence electrons. The molecule has 1 aliphatic heterocycles. The Morgan fingerprint density at radius 2 is 2.30 bits per heavy atom. The molecule has 10 heavy (non-hydrogen) atoms. The molecule has 1 heterocycles. The zero-order chi connectivity index (χ0) is 7.82. The van der Waals surface area contributed by atoms with Gasteiger partial charge in [0.2, 0.25) is 0 Å². The van der Waals surface area contributed by atoms with Crippen LogP contribution in [0.3, 0.4) is 0 Å². The molecule has 4 heteroatoms. The van der Waals surface area contributed by atoms with E-state index in [1.54, 1.807) is 0 Å². The minimum atomic E-state index is -1.33. The molecule has 0 aromatic heterocycles. The van der Waals surface area contributed by atoms with E-state index >= 15 is 0 Å². The third kappa shape index (κ3) is 9.84. The topological polar surface area (TPSA) is 75.7 Å². The van der Waals surface area contributed by atoms with Gasteiger partial charge in [0.15, 0.2) is 0 Å². The maximum Gasteiger partial charge on any atom is 0.402 e. The number of nitrogens with two attached hydrogens (primary N) is 1. The Balaban J connectivity index is 0.000000180. The van der Waals surface area contributed by atoms with Gasteiger partial charge in [-0.1, -0.05) is 6.08 Å². The summed E-state index contributed by atoms with van der Waals surface area (Å²) in [6.45, 7) is 0.983. The summed E-state index contributed by atoms with van der Waals surface area (Å²) < 4.78 is 0. The first-order valence-corrected chi connectivity index (χ1v) is 2.87. The minimum absolute atomic E-state index is 0.983. The molecule has 0 aromatic rings. The molecule has 0 radical (unpaired) electrons. The summed E-state index contributed by atoms with van der Waals surface area (Å²) in [4.78, 5) is 12.7. The van der Waals surface area contributed by atoms with Gasteiger partial charge >= 0.3 is 6.09 Å². The third-order valence-electron chi connectivity index (χ3n) is 0.752. The highest BCUT2D eigenvalue weighted by molar-refractivity contribution is 5.71. The van der Waals surface area contributed by atoms with Crippen molar-refractivity contribution in [3.8, 4) is 0 Å². The molecule has 0 bridgehead atoms. The van der Waals surface area contributed by atoms with Crippen LogP contribution in [0.5, 0.6) is 0 Å². The van der Waals surface area contributed by atoms with Gasteiger partial charge in [0.05, 0.1) is 0 Å². The lowest BCUT2D eigenvalue weighted by Crippen LogP contribution is -2.03. The van der Waals surface area contributed by atoms with Crippen LogP contribution in [-0.2, 0) is 0 Å². The third-order valence-corrected chi connectivity index (χ3v) is 0.752.